The van der Waals surface area contributed by atoms with Crippen LogP contribution in [0.2, 0.25) is 0 Å². The molecular weight excluding hydrogens is 274 g/mol. The van der Waals surface area contributed by atoms with E-state index in [9.17, 15) is 9.59 Å². The number of carbonyl (C=O) groups excluding carboxylic acids is 2. The van der Waals surface area contributed by atoms with Crippen molar-refractivity contribution in [2.24, 2.45) is 11.1 Å². The first kappa shape index (κ1) is 16.2. The van der Waals surface area contributed by atoms with Crippen LogP contribution in [0.5, 0.6) is 0 Å². The molecule has 0 unspecified atom stereocenters. The minimum atomic E-state index is -0.475. The van der Waals surface area contributed by atoms with E-state index in [1.54, 1.807) is 4.90 Å². The Balaban J connectivity index is 1.91. The molecule has 0 spiro atoms. The average molecular weight is 299 g/mol. The Kier molecular flexibility index (Phi) is 5.55. The van der Waals surface area contributed by atoms with E-state index in [2.05, 4.69) is 0 Å². The standard InChI is InChI=1S/C14H25N3O4/c1-20-10-12(18)16-4-6-17(7-5-16)13(19)14(11-15)2-8-21-9-3-14/h2-11,15H2,1H3. The number of amides is 2. The molecule has 0 radical (unpaired) electrons. The zero-order valence-corrected chi connectivity index (χ0v) is 12.7. The largest absolute Gasteiger partial charge is 0.381 e. The van der Waals surface area contributed by atoms with Gasteiger partial charge in [-0.1, -0.05) is 0 Å². The van der Waals surface area contributed by atoms with E-state index in [4.69, 9.17) is 15.2 Å². The molecule has 0 bridgehead atoms. The van der Waals surface area contributed by atoms with Gasteiger partial charge in [-0.25, -0.2) is 0 Å². The van der Waals surface area contributed by atoms with Crippen molar-refractivity contribution in [2.75, 3.05) is 59.7 Å². The number of rotatable bonds is 4. The van der Waals surface area contributed by atoms with E-state index in [0.717, 1.165) is 0 Å². The summed E-state index contributed by atoms with van der Waals surface area (Å²) in [5, 5.41) is 0. The van der Waals surface area contributed by atoms with E-state index >= 15 is 0 Å². The highest BCUT2D eigenvalue weighted by Gasteiger charge is 2.42. The van der Waals surface area contributed by atoms with Crippen molar-refractivity contribution in [2.45, 2.75) is 12.8 Å². The summed E-state index contributed by atoms with van der Waals surface area (Å²) in [4.78, 5) is 28.1. The molecule has 7 heteroatoms. The summed E-state index contributed by atoms with van der Waals surface area (Å²) in [5.74, 6) is 0.0938. The van der Waals surface area contributed by atoms with E-state index < -0.39 is 5.41 Å². The molecule has 0 aromatic heterocycles. The highest BCUT2D eigenvalue weighted by atomic mass is 16.5. The summed E-state index contributed by atoms with van der Waals surface area (Å²) in [7, 11) is 1.51. The molecule has 2 heterocycles. The van der Waals surface area contributed by atoms with Gasteiger partial charge in [-0.05, 0) is 12.8 Å². The molecule has 2 saturated heterocycles. The van der Waals surface area contributed by atoms with Crippen LogP contribution in [0.25, 0.3) is 0 Å². The molecule has 21 heavy (non-hydrogen) atoms. The Labute approximate surface area is 125 Å². The van der Waals surface area contributed by atoms with Crippen LogP contribution in [-0.2, 0) is 19.1 Å². The van der Waals surface area contributed by atoms with Crippen molar-refractivity contribution in [3.05, 3.63) is 0 Å². The second kappa shape index (κ2) is 7.20. The Morgan fingerprint density at radius 2 is 1.71 bits per heavy atom. The Morgan fingerprint density at radius 3 is 2.24 bits per heavy atom. The molecule has 7 nitrogen and oxygen atoms in total. The number of hydrogen-bond donors (Lipinski definition) is 1. The lowest BCUT2D eigenvalue weighted by atomic mass is 9.78. The summed E-state index contributed by atoms with van der Waals surface area (Å²) in [6.07, 6.45) is 1.37. The molecule has 0 aromatic carbocycles. The van der Waals surface area contributed by atoms with E-state index in [0.29, 0.717) is 58.8 Å². The highest BCUT2D eigenvalue weighted by Crippen LogP contribution is 2.32. The first-order chi connectivity index (χ1) is 10.1. The summed E-state index contributed by atoms with van der Waals surface area (Å²) < 4.78 is 10.2. The van der Waals surface area contributed by atoms with Crippen molar-refractivity contribution in [1.82, 2.24) is 9.80 Å². The molecule has 0 aromatic rings. The number of hydrogen-bond acceptors (Lipinski definition) is 5. The van der Waals surface area contributed by atoms with Crippen molar-refractivity contribution >= 4 is 11.8 Å². The van der Waals surface area contributed by atoms with Gasteiger partial charge in [0, 0.05) is 53.0 Å². The van der Waals surface area contributed by atoms with Crippen LogP contribution in [0, 0.1) is 5.41 Å². The fourth-order valence-corrected chi connectivity index (χ4v) is 2.98. The van der Waals surface area contributed by atoms with Crippen LogP contribution >= 0.6 is 0 Å². The lowest BCUT2D eigenvalue weighted by molar-refractivity contribution is -0.151. The van der Waals surface area contributed by atoms with Gasteiger partial charge in [0.2, 0.25) is 11.8 Å². The minimum absolute atomic E-state index is 0.0239. The molecule has 120 valence electrons. The first-order valence-electron chi connectivity index (χ1n) is 7.47. The zero-order valence-electron chi connectivity index (χ0n) is 12.7. The normalized spacial score (nSPS) is 22.2. The Morgan fingerprint density at radius 1 is 1.14 bits per heavy atom. The second-order valence-corrected chi connectivity index (χ2v) is 5.70. The van der Waals surface area contributed by atoms with Gasteiger partial charge in [-0.3, -0.25) is 9.59 Å². The van der Waals surface area contributed by atoms with Crippen LogP contribution in [0.15, 0.2) is 0 Å². The molecule has 2 rings (SSSR count). The van der Waals surface area contributed by atoms with Crippen LogP contribution in [0.3, 0.4) is 0 Å². The maximum atomic E-state index is 12.8. The van der Waals surface area contributed by atoms with Gasteiger partial charge in [0.05, 0.1) is 5.41 Å². The molecule has 2 fully saturated rings. The maximum Gasteiger partial charge on any atom is 0.248 e. The summed E-state index contributed by atoms with van der Waals surface area (Å²) in [6, 6.07) is 0. The molecule has 2 aliphatic heterocycles. The number of piperazine rings is 1. The van der Waals surface area contributed by atoms with Crippen LogP contribution in [0.4, 0.5) is 0 Å². The fourth-order valence-electron chi connectivity index (χ4n) is 2.98. The Bertz CT molecular complexity index is 374. The van der Waals surface area contributed by atoms with Crippen LogP contribution < -0.4 is 5.73 Å². The molecule has 2 aliphatic rings. The van der Waals surface area contributed by atoms with Gasteiger partial charge in [0.1, 0.15) is 6.61 Å². The lowest BCUT2D eigenvalue weighted by Crippen LogP contribution is -2.57. The van der Waals surface area contributed by atoms with E-state index in [-0.39, 0.29) is 18.4 Å². The fraction of sp³-hybridized carbons (Fsp3) is 0.857. The van der Waals surface area contributed by atoms with Gasteiger partial charge < -0.3 is 25.0 Å². The summed E-state index contributed by atoms with van der Waals surface area (Å²) in [6.45, 7) is 3.89. The van der Waals surface area contributed by atoms with E-state index in [1.165, 1.54) is 7.11 Å². The SMILES string of the molecule is COCC(=O)N1CCN(C(=O)C2(CN)CCOCC2)CC1. The third-order valence-corrected chi connectivity index (χ3v) is 4.48. The quantitative estimate of drug-likeness (QED) is 0.724. The lowest BCUT2D eigenvalue weighted by Gasteiger charge is -2.42. The van der Waals surface area contributed by atoms with Crippen LogP contribution in [0.1, 0.15) is 12.8 Å². The van der Waals surface area contributed by atoms with E-state index in [1.807, 2.05) is 4.90 Å². The highest BCUT2D eigenvalue weighted by molar-refractivity contribution is 5.84. The van der Waals surface area contributed by atoms with Crippen molar-refractivity contribution in [3.8, 4) is 0 Å². The van der Waals surface area contributed by atoms with Crippen molar-refractivity contribution in [3.63, 3.8) is 0 Å². The second-order valence-electron chi connectivity index (χ2n) is 5.70. The first-order valence-corrected chi connectivity index (χ1v) is 7.47. The third kappa shape index (κ3) is 3.53. The topological polar surface area (TPSA) is 85.1 Å². The zero-order chi connectivity index (χ0) is 15.3. The number of carbonyl (C=O) groups is 2. The third-order valence-electron chi connectivity index (χ3n) is 4.48. The molecular formula is C14H25N3O4. The van der Waals surface area contributed by atoms with Crippen molar-refractivity contribution in [1.29, 1.82) is 0 Å². The maximum absolute atomic E-state index is 12.8. The van der Waals surface area contributed by atoms with Gasteiger partial charge in [-0.2, -0.15) is 0 Å². The minimum Gasteiger partial charge on any atom is -0.381 e. The Hall–Kier alpha value is -1.18. The summed E-state index contributed by atoms with van der Waals surface area (Å²) in [5.41, 5.74) is 5.40. The molecule has 0 saturated carbocycles. The van der Waals surface area contributed by atoms with Crippen molar-refractivity contribution < 1.29 is 19.1 Å². The smallest absolute Gasteiger partial charge is 0.248 e. The van der Waals surface area contributed by atoms with Gasteiger partial charge in [-0.15, -0.1) is 0 Å². The average Bonchev–Trinajstić information content (AvgIpc) is 2.55. The molecule has 2 N–H and O–H groups in total. The number of methoxy groups -OCH3 is 1. The molecule has 2 amide bonds. The number of nitrogens with zero attached hydrogens (tertiary/aromatic N) is 2. The molecule has 0 atom stereocenters. The van der Waals surface area contributed by atoms with Crippen LogP contribution in [-0.4, -0.2) is 81.3 Å². The van der Waals surface area contributed by atoms with Gasteiger partial charge >= 0.3 is 0 Å². The number of nitrogens with two attached hydrogens (primary N) is 1. The predicted molar refractivity (Wildman–Crippen MR) is 76.6 cm³/mol. The number of ether oxygens (including phenoxy) is 2. The van der Waals surface area contributed by atoms with Gasteiger partial charge in [0.25, 0.3) is 0 Å². The van der Waals surface area contributed by atoms with Gasteiger partial charge in [0.15, 0.2) is 0 Å². The predicted octanol–water partition coefficient (Wildman–Crippen LogP) is -0.941. The molecule has 0 aliphatic carbocycles. The monoisotopic (exact) mass is 299 g/mol. The summed E-state index contributed by atoms with van der Waals surface area (Å²) >= 11 is 0.